The molecule has 6 nitrogen and oxygen atoms in total. The van der Waals surface area contributed by atoms with Crippen LogP contribution in [0.4, 0.5) is 5.69 Å². The topological polar surface area (TPSA) is 61.9 Å². The van der Waals surface area contributed by atoms with Gasteiger partial charge in [0.2, 0.25) is 5.91 Å². The first-order valence-electron chi connectivity index (χ1n) is 12.8. The standard InChI is InChI=1S/C29H43N3O3/c1-31(2)23-26(22-29(34)35-24-25-16-10-8-11-17-25)30-28(33)20-14-6-4-5-7-15-21-32(3)27-18-12-9-13-19-27/h8-13,16-19,26H,4-7,14-15,20-24H2,1-3H3,(H,30,33)/t26-/m1/s1. The van der Waals surface area contributed by atoms with E-state index in [1.165, 1.54) is 24.9 Å². The highest BCUT2D eigenvalue weighted by Crippen LogP contribution is 2.13. The lowest BCUT2D eigenvalue weighted by Gasteiger charge is -2.22. The van der Waals surface area contributed by atoms with Crippen LogP contribution in [0.5, 0.6) is 0 Å². The monoisotopic (exact) mass is 481 g/mol. The van der Waals surface area contributed by atoms with Crippen LogP contribution < -0.4 is 10.2 Å². The van der Waals surface area contributed by atoms with Gasteiger partial charge in [-0.25, -0.2) is 0 Å². The molecule has 2 rings (SSSR count). The van der Waals surface area contributed by atoms with E-state index in [0.717, 1.165) is 31.4 Å². The van der Waals surface area contributed by atoms with Crippen molar-refractivity contribution in [2.45, 2.75) is 64.0 Å². The highest BCUT2D eigenvalue weighted by molar-refractivity contribution is 5.77. The van der Waals surface area contributed by atoms with Gasteiger partial charge in [-0.3, -0.25) is 9.59 Å². The average molecular weight is 482 g/mol. The molecule has 0 fully saturated rings. The van der Waals surface area contributed by atoms with Crippen molar-refractivity contribution in [1.82, 2.24) is 10.2 Å². The number of esters is 1. The van der Waals surface area contributed by atoms with E-state index in [0.29, 0.717) is 13.0 Å². The molecule has 1 N–H and O–H groups in total. The van der Waals surface area contributed by atoms with Crippen molar-refractivity contribution in [3.63, 3.8) is 0 Å². The fourth-order valence-corrected chi connectivity index (χ4v) is 4.05. The molecule has 2 aromatic rings. The number of benzene rings is 2. The molecule has 35 heavy (non-hydrogen) atoms. The van der Waals surface area contributed by atoms with E-state index < -0.39 is 0 Å². The van der Waals surface area contributed by atoms with Gasteiger partial charge in [-0.2, -0.15) is 0 Å². The van der Waals surface area contributed by atoms with E-state index >= 15 is 0 Å². The van der Waals surface area contributed by atoms with E-state index in [4.69, 9.17) is 4.74 Å². The zero-order valence-corrected chi connectivity index (χ0v) is 21.7. The first kappa shape index (κ1) is 28.4. The Bertz CT molecular complexity index is 843. The zero-order chi connectivity index (χ0) is 25.3. The third-order valence-corrected chi connectivity index (χ3v) is 5.95. The second kappa shape index (κ2) is 16.7. The summed E-state index contributed by atoms with van der Waals surface area (Å²) in [4.78, 5) is 29.0. The van der Waals surface area contributed by atoms with E-state index in [9.17, 15) is 9.59 Å². The molecule has 0 saturated carbocycles. The number of likely N-dealkylation sites (N-methyl/N-ethyl adjacent to an activating group) is 1. The number of nitrogens with zero attached hydrogens (tertiary/aromatic N) is 2. The maximum absolute atomic E-state index is 12.5. The summed E-state index contributed by atoms with van der Waals surface area (Å²) in [5.74, 6) is -0.281. The van der Waals surface area contributed by atoms with Crippen LogP contribution in [0.2, 0.25) is 0 Å². The summed E-state index contributed by atoms with van der Waals surface area (Å²) >= 11 is 0. The minimum atomic E-state index is -0.293. The Morgan fingerprint density at radius 2 is 1.43 bits per heavy atom. The molecule has 2 aromatic carbocycles. The van der Waals surface area contributed by atoms with Gasteiger partial charge in [0.25, 0.3) is 0 Å². The second-order valence-electron chi connectivity index (χ2n) is 9.51. The van der Waals surface area contributed by atoms with Crippen LogP contribution in [-0.4, -0.2) is 57.1 Å². The maximum Gasteiger partial charge on any atom is 0.308 e. The van der Waals surface area contributed by atoms with E-state index in [2.05, 4.69) is 41.5 Å². The molecule has 0 spiro atoms. The predicted octanol–water partition coefficient (Wildman–Crippen LogP) is 5.03. The summed E-state index contributed by atoms with van der Waals surface area (Å²) in [7, 11) is 6.01. The molecule has 0 bridgehead atoms. The van der Waals surface area contributed by atoms with E-state index in [1.807, 2.05) is 55.4 Å². The molecule has 0 radical (unpaired) electrons. The molecule has 0 aliphatic carbocycles. The van der Waals surface area contributed by atoms with Crippen LogP contribution in [0, 0.1) is 0 Å². The van der Waals surface area contributed by atoms with Crippen molar-refractivity contribution in [2.75, 3.05) is 39.1 Å². The van der Waals surface area contributed by atoms with Gasteiger partial charge >= 0.3 is 5.97 Å². The van der Waals surface area contributed by atoms with Crippen LogP contribution in [0.3, 0.4) is 0 Å². The Balaban J connectivity index is 1.56. The first-order valence-corrected chi connectivity index (χ1v) is 12.8. The highest BCUT2D eigenvalue weighted by atomic mass is 16.5. The summed E-state index contributed by atoms with van der Waals surface area (Å²) in [5, 5.41) is 3.03. The lowest BCUT2D eigenvalue weighted by atomic mass is 10.1. The molecular weight excluding hydrogens is 438 g/mol. The summed E-state index contributed by atoms with van der Waals surface area (Å²) in [6.45, 7) is 1.92. The number of carbonyl (C=O) groups is 2. The Kier molecular flexibility index (Phi) is 13.6. The molecule has 0 saturated heterocycles. The Morgan fingerprint density at radius 3 is 2.09 bits per heavy atom. The summed E-state index contributed by atoms with van der Waals surface area (Å²) < 4.78 is 5.40. The lowest BCUT2D eigenvalue weighted by molar-refractivity contribution is -0.145. The van der Waals surface area contributed by atoms with E-state index in [1.54, 1.807) is 0 Å². The lowest BCUT2D eigenvalue weighted by Crippen LogP contribution is -2.43. The van der Waals surface area contributed by atoms with E-state index in [-0.39, 0.29) is 30.9 Å². The number of hydrogen-bond donors (Lipinski definition) is 1. The molecule has 0 aromatic heterocycles. The number of amides is 1. The zero-order valence-electron chi connectivity index (χ0n) is 21.7. The molecule has 6 heteroatoms. The van der Waals surface area contributed by atoms with Crippen LogP contribution >= 0.6 is 0 Å². The summed E-state index contributed by atoms with van der Waals surface area (Å²) in [5.41, 5.74) is 2.22. The van der Waals surface area contributed by atoms with Crippen molar-refractivity contribution in [3.05, 3.63) is 66.2 Å². The Labute approximate surface area is 211 Å². The van der Waals surface area contributed by atoms with Crippen molar-refractivity contribution >= 4 is 17.6 Å². The van der Waals surface area contributed by atoms with Crippen LogP contribution in [0.25, 0.3) is 0 Å². The molecule has 1 amide bonds. The molecule has 0 aliphatic heterocycles. The largest absolute Gasteiger partial charge is 0.461 e. The number of ether oxygens (including phenoxy) is 1. The number of unbranched alkanes of at least 4 members (excludes halogenated alkanes) is 5. The fraction of sp³-hybridized carbons (Fsp3) is 0.517. The van der Waals surface area contributed by atoms with Crippen molar-refractivity contribution < 1.29 is 14.3 Å². The van der Waals surface area contributed by atoms with Gasteiger partial charge in [0.05, 0.1) is 12.5 Å². The van der Waals surface area contributed by atoms with Crippen LogP contribution in [0.15, 0.2) is 60.7 Å². The molecule has 0 aliphatic rings. The minimum absolute atomic E-state index is 0.0113. The minimum Gasteiger partial charge on any atom is -0.461 e. The third kappa shape index (κ3) is 13.0. The van der Waals surface area contributed by atoms with Gasteiger partial charge in [-0.1, -0.05) is 74.2 Å². The smallest absolute Gasteiger partial charge is 0.308 e. The SMILES string of the molecule is CN(C)C[C@@H](CC(=O)OCc1ccccc1)NC(=O)CCCCCCCCN(C)c1ccccc1. The first-order chi connectivity index (χ1) is 16.9. The number of anilines is 1. The Hall–Kier alpha value is -2.86. The molecular formula is C29H43N3O3. The number of carbonyl (C=O) groups excluding carboxylic acids is 2. The predicted molar refractivity (Wildman–Crippen MR) is 143 cm³/mol. The second-order valence-corrected chi connectivity index (χ2v) is 9.51. The van der Waals surface area contributed by atoms with Crippen LogP contribution in [0.1, 0.15) is 56.9 Å². The summed E-state index contributed by atoms with van der Waals surface area (Å²) in [6, 6.07) is 19.8. The molecule has 192 valence electrons. The van der Waals surface area contributed by atoms with Crippen molar-refractivity contribution in [3.8, 4) is 0 Å². The van der Waals surface area contributed by atoms with Gasteiger partial charge in [0.15, 0.2) is 0 Å². The van der Waals surface area contributed by atoms with Crippen molar-refractivity contribution in [2.24, 2.45) is 0 Å². The fourth-order valence-electron chi connectivity index (χ4n) is 4.05. The normalized spacial score (nSPS) is 11.8. The van der Waals surface area contributed by atoms with Gasteiger partial charge in [-0.05, 0) is 44.6 Å². The molecule has 0 heterocycles. The van der Waals surface area contributed by atoms with Crippen molar-refractivity contribution in [1.29, 1.82) is 0 Å². The number of para-hydroxylation sites is 1. The number of nitrogens with one attached hydrogen (secondary N) is 1. The third-order valence-electron chi connectivity index (χ3n) is 5.95. The van der Waals surface area contributed by atoms with Gasteiger partial charge in [-0.15, -0.1) is 0 Å². The number of rotatable bonds is 17. The van der Waals surface area contributed by atoms with Crippen LogP contribution in [-0.2, 0) is 20.9 Å². The van der Waals surface area contributed by atoms with Gasteiger partial charge in [0, 0.05) is 32.2 Å². The van der Waals surface area contributed by atoms with Gasteiger partial charge < -0.3 is 19.9 Å². The molecule has 0 unspecified atom stereocenters. The van der Waals surface area contributed by atoms with Gasteiger partial charge in [0.1, 0.15) is 6.61 Å². The average Bonchev–Trinajstić information content (AvgIpc) is 2.85. The highest BCUT2D eigenvalue weighted by Gasteiger charge is 2.18. The Morgan fingerprint density at radius 1 is 0.829 bits per heavy atom. The number of hydrogen-bond acceptors (Lipinski definition) is 5. The molecule has 1 atom stereocenters. The quantitative estimate of drug-likeness (QED) is 0.254. The summed E-state index contributed by atoms with van der Waals surface area (Å²) in [6.07, 6.45) is 7.34. The maximum atomic E-state index is 12.5.